The Morgan fingerprint density at radius 3 is 2.64 bits per heavy atom. The lowest BCUT2D eigenvalue weighted by molar-refractivity contribution is 0.223. The standard InChI is InChI=1S/C16H22FN3O3S2/c1-25(22,23)20-7-4-12(5-8-20)18-16(21)19-14-6-9-24-15-3-2-11(17)10-13(14)15/h2-3,10,12,14H,4-9H2,1H3,(H2,18,19,21)/t14-/m1/s1. The van der Waals surface area contributed by atoms with Gasteiger partial charge in [0.05, 0.1) is 12.3 Å². The van der Waals surface area contributed by atoms with Crippen LogP contribution >= 0.6 is 11.8 Å². The summed E-state index contributed by atoms with van der Waals surface area (Å²) in [5, 5.41) is 5.84. The van der Waals surface area contributed by atoms with Crippen LogP contribution in [0.3, 0.4) is 0 Å². The Kier molecular flexibility index (Phi) is 5.55. The van der Waals surface area contributed by atoms with Crippen LogP contribution in [0.5, 0.6) is 0 Å². The zero-order valence-corrected chi connectivity index (χ0v) is 15.6. The average molecular weight is 388 g/mol. The van der Waals surface area contributed by atoms with Crippen molar-refractivity contribution < 1.29 is 17.6 Å². The molecule has 2 amide bonds. The van der Waals surface area contributed by atoms with Gasteiger partial charge in [-0.3, -0.25) is 0 Å². The number of carbonyl (C=O) groups excluding carboxylic acids is 1. The Morgan fingerprint density at radius 1 is 1.24 bits per heavy atom. The van der Waals surface area contributed by atoms with Crippen LogP contribution in [0.1, 0.15) is 30.9 Å². The number of benzene rings is 1. The van der Waals surface area contributed by atoms with Crippen molar-refractivity contribution in [3.63, 3.8) is 0 Å². The van der Waals surface area contributed by atoms with Gasteiger partial charge < -0.3 is 10.6 Å². The van der Waals surface area contributed by atoms with Gasteiger partial charge in [-0.05, 0) is 43.0 Å². The molecule has 0 unspecified atom stereocenters. The third-order valence-electron chi connectivity index (χ3n) is 4.57. The van der Waals surface area contributed by atoms with Crippen molar-refractivity contribution in [2.75, 3.05) is 25.1 Å². The molecule has 0 saturated carbocycles. The Morgan fingerprint density at radius 2 is 1.96 bits per heavy atom. The van der Waals surface area contributed by atoms with Crippen molar-refractivity contribution in [3.8, 4) is 0 Å². The smallest absolute Gasteiger partial charge is 0.315 e. The zero-order valence-electron chi connectivity index (χ0n) is 14.0. The first-order chi connectivity index (χ1) is 11.8. The highest BCUT2D eigenvalue weighted by molar-refractivity contribution is 7.99. The van der Waals surface area contributed by atoms with E-state index in [1.165, 1.54) is 22.7 Å². The van der Waals surface area contributed by atoms with E-state index in [4.69, 9.17) is 0 Å². The lowest BCUT2D eigenvalue weighted by atomic mass is 10.0. The molecule has 0 bridgehead atoms. The van der Waals surface area contributed by atoms with E-state index in [0.29, 0.717) is 25.9 Å². The van der Waals surface area contributed by atoms with Crippen LogP contribution in [0.25, 0.3) is 0 Å². The monoisotopic (exact) mass is 387 g/mol. The Labute approximate surface area is 151 Å². The number of nitrogens with zero attached hydrogens (tertiary/aromatic N) is 1. The summed E-state index contributed by atoms with van der Waals surface area (Å²) in [6.07, 6.45) is 3.13. The minimum atomic E-state index is -3.17. The number of fused-ring (bicyclic) bond motifs is 1. The molecule has 1 aromatic carbocycles. The predicted octanol–water partition coefficient (Wildman–Crippen LogP) is 2.09. The van der Waals surface area contributed by atoms with E-state index in [2.05, 4.69) is 10.6 Å². The number of carbonyl (C=O) groups is 1. The van der Waals surface area contributed by atoms with Crippen LogP contribution in [-0.4, -0.2) is 49.9 Å². The fourth-order valence-corrected chi connectivity index (χ4v) is 5.21. The SMILES string of the molecule is CS(=O)(=O)N1CCC(NC(=O)N[C@@H]2CCSc3ccc(F)cc32)CC1. The van der Waals surface area contributed by atoms with Gasteiger partial charge in [0.15, 0.2) is 0 Å². The molecule has 1 saturated heterocycles. The van der Waals surface area contributed by atoms with E-state index in [9.17, 15) is 17.6 Å². The fraction of sp³-hybridized carbons (Fsp3) is 0.562. The number of hydrogen-bond donors (Lipinski definition) is 2. The quantitative estimate of drug-likeness (QED) is 0.832. The number of piperidine rings is 1. The number of amides is 2. The summed E-state index contributed by atoms with van der Waals surface area (Å²) in [6.45, 7) is 0.829. The molecule has 138 valence electrons. The number of hydrogen-bond acceptors (Lipinski definition) is 4. The number of rotatable bonds is 3. The summed E-state index contributed by atoms with van der Waals surface area (Å²) in [6, 6.07) is 4.12. The van der Waals surface area contributed by atoms with Crippen molar-refractivity contribution >= 4 is 27.8 Å². The summed E-state index contributed by atoms with van der Waals surface area (Å²) in [5.74, 6) is 0.567. The minimum absolute atomic E-state index is 0.0528. The maximum Gasteiger partial charge on any atom is 0.315 e. The first-order valence-electron chi connectivity index (χ1n) is 8.27. The van der Waals surface area contributed by atoms with E-state index >= 15 is 0 Å². The Bertz CT molecular complexity index is 749. The van der Waals surface area contributed by atoms with Crippen LogP contribution in [0.2, 0.25) is 0 Å². The summed E-state index contributed by atoms with van der Waals surface area (Å²) in [4.78, 5) is 13.3. The Hall–Kier alpha value is -1.32. The average Bonchev–Trinajstić information content (AvgIpc) is 2.55. The molecule has 1 fully saturated rings. The molecule has 1 atom stereocenters. The zero-order chi connectivity index (χ0) is 18.0. The van der Waals surface area contributed by atoms with E-state index in [-0.39, 0.29) is 23.9 Å². The topological polar surface area (TPSA) is 78.5 Å². The molecule has 2 aliphatic rings. The highest BCUT2D eigenvalue weighted by Gasteiger charge is 2.27. The van der Waals surface area contributed by atoms with Gasteiger partial charge in [-0.2, -0.15) is 0 Å². The third kappa shape index (κ3) is 4.65. The molecule has 9 heteroatoms. The normalized spacial score (nSPS) is 22.2. The second-order valence-corrected chi connectivity index (χ2v) is 9.55. The number of nitrogens with one attached hydrogen (secondary N) is 2. The lowest BCUT2D eigenvalue weighted by Crippen LogP contribution is -2.49. The maximum atomic E-state index is 13.5. The predicted molar refractivity (Wildman–Crippen MR) is 95.6 cm³/mol. The molecular formula is C16H22FN3O3S2. The number of halogens is 1. The van der Waals surface area contributed by atoms with Gasteiger partial charge in [0, 0.05) is 29.8 Å². The highest BCUT2D eigenvalue weighted by atomic mass is 32.2. The summed E-state index contributed by atoms with van der Waals surface area (Å²) in [5.41, 5.74) is 0.818. The van der Waals surface area contributed by atoms with Crippen LogP contribution in [0, 0.1) is 5.82 Å². The van der Waals surface area contributed by atoms with Gasteiger partial charge in [0.1, 0.15) is 5.82 Å². The van der Waals surface area contributed by atoms with Crippen molar-refractivity contribution in [1.82, 2.24) is 14.9 Å². The van der Waals surface area contributed by atoms with Crippen molar-refractivity contribution in [2.24, 2.45) is 0 Å². The molecule has 1 aromatic rings. The molecule has 2 heterocycles. The van der Waals surface area contributed by atoms with Crippen molar-refractivity contribution in [2.45, 2.75) is 36.2 Å². The number of urea groups is 1. The van der Waals surface area contributed by atoms with Gasteiger partial charge >= 0.3 is 6.03 Å². The van der Waals surface area contributed by atoms with Gasteiger partial charge in [0.25, 0.3) is 0 Å². The van der Waals surface area contributed by atoms with E-state index < -0.39 is 10.0 Å². The Balaban J connectivity index is 1.55. The van der Waals surface area contributed by atoms with Crippen LogP contribution in [0.15, 0.2) is 23.1 Å². The molecule has 0 aromatic heterocycles. The summed E-state index contributed by atoms with van der Waals surface area (Å²) < 4.78 is 38.0. The molecule has 0 spiro atoms. The third-order valence-corrected chi connectivity index (χ3v) is 7.00. The fourth-order valence-electron chi connectivity index (χ4n) is 3.23. The van der Waals surface area contributed by atoms with Crippen molar-refractivity contribution in [3.05, 3.63) is 29.6 Å². The second-order valence-electron chi connectivity index (χ2n) is 6.43. The van der Waals surface area contributed by atoms with Crippen LogP contribution in [-0.2, 0) is 10.0 Å². The van der Waals surface area contributed by atoms with Gasteiger partial charge in [-0.15, -0.1) is 11.8 Å². The highest BCUT2D eigenvalue weighted by Crippen LogP contribution is 2.36. The molecular weight excluding hydrogens is 365 g/mol. The van der Waals surface area contributed by atoms with Gasteiger partial charge in [-0.1, -0.05) is 0 Å². The van der Waals surface area contributed by atoms with Gasteiger partial charge in [-0.25, -0.2) is 21.9 Å². The van der Waals surface area contributed by atoms with E-state index in [1.807, 2.05) is 0 Å². The first-order valence-corrected chi connectivity index (χ1v) is 11.1. The first kappa shape index (κ1) is 18.5. The molecule has 0 radical (unpaired) electrons. The van der Waals surface area contributed by atoms with Crippen LogP contribution < -0.4 is 10.6 Å². The van der Waals surface area contributed by atoms with Crippen molar-refractivity contribution in [1.29, 1.82) is 0 Å². The number of thioether (sulfide) groups is 1. The molecule has 25 heavy (non-hydrogen) atoms. The molecule has 3 rings (SSSR count). The summed E-state index contributed by atoms with van der Waals surface area (Å²) in [7, 11) is -3.17. The minimum Gasteiger partial charge on any atom is -0.335 e. The van der Waals surface area contributed by atoms with Gasteiger partial charge in [0.2, 0.25) is 10.0 Å². The second kappa shape index (κ2) is 7.51. The van der Waals surface area contributed by atoms with E-state index in [0.717, 1.165) is 22.6 Å². The maximum absolute atomic E-state index is 13.5. The summed E-state index contributed by atoms with van der Waals surface area (Å²) >= 11 is 1.67. The molecule has 2 N–H and O–H groups in total. The molecule has 6 nitrogen and oxygen atoms in total. The molecule has 2 aliphatic heterocycles. The van der Waals surface area contributed by atoms with E-state index in [1.54, 1.807) is 17.8 Å². The van der Waals surface area contributed by atoms with Crippen LogP contribution in [0.4, 0.5) is 9.18 Å². The molecule has 0 aliphatic carbocycles. The largest absolute Gasteiger partial charge is 0.335 e. The number of sulfonamides is 1. The lowest BCUT2D eigenvalue weighted by Gasteiger charge is -2.32.